The molecule has 7 nitrogen and oxygen atoms in total. The molecule has 1 aliphatic rings. The Labute approximate surface area is 193 Å². The first-order valence-corrected chi connectivity index (χ1v) is 11.4. The van der Waals surface area contributed by atoms with Crippen LogP contribution in [0.1, 0.15) is 48.0 Å². The lowest BCUT2D eigenvalue weighted by atomic mass is 9.98. The van der Waals surface area contributed by atoms with Crippen LogP contribution >= 0.6 is 0 Å². The maximum absolute atomic E-state index is 13.6. The van der Waals surface area contributed by atoms with Gasteiger partial charge in [0.25, 0.3) is 5.91 Å². The van der Waals surface area contributed by atoms with Gasteiger partial charge >= 0.3 is 0 Å². The normalized spacial score (nSPS) is 15.4. The topological polar surface area (TPSA) is 72.2 Å². The number of hydrogen-bond donors (Lipinski definition) is 0. The molecule has 3 aromatic rings. The van der Waals surface area contributed by atoms with E-state index < -0.39 is 6.04 Å². The average Bonchev–Trinajstić information content (AvgIpc) is 3.07. The van der Waals surface area contributed by atoms with Crippen LogP contribution in [-0.4, -0.2) is 56.1 Å². The van der Waals surface area contributed by atoms with E-state index in [1.807, 2.05) is 52.2 Å². The monoisotopic (exact) mass is 450 g/mol. The van der Waals surface area contributed by atoms with Gasteiger partial charge in [0.15, 0.2) is 5.43 Å². The molecule has 1 aromatic heterocycles. The molecule has 0 fully saturated rings. The van der Waals surface area contributed by atoms with Gasteiger partial charge in [0.05, 0.1) is 30.2 Å². The molecule has 0 aliphatic carbocycles. The molecule has 0 bridgehead atoms. The highest BCUT2D eigenvalue weighted by Gasteiger charge is 2.42. The van der Waals surface area contributed by atoms with Gasteiger partial charge in [-0.2, -0.15) is 0 Å². The molecule has 0 N–H and O–H groups in total. The number of fused-ring (bicyclic) bond motifs is 2. The maximum Gasteiger partial charge on any atom is 0.290 e. The molecule has 0 saturated carbocycles. The highest BCUT2D eigenvalue weighted by Crippen LogP contribution is 2.39. The van der Waals surface area contributed by atoms with Gasteiger partial charge < -0.3 is 23.7 Å². The van der Waals surface area contributed by atoms with Crippen molar-refractivity contribution >= 4 is 16.9 Å². The SMILES string of the molecule is CCOc1ccc(C2c3c(oc4cc(OCC)ccc4c3=O)C(=O)N2CCCN(C)C)cc1. The van der Waals surface area contributed by atoms with Crippen molar-refractivity contribution in [3.63, 3.8) is 0 Å². The Morgan fingerprint density at radius 3 is 2.30 bits per heavy atom. The van der Waals surface area contributed by atoms with E-state index in [0.717, 1.165) is 24.3 Å². The van der Waals surface area contributed by atoms with Crippen LogP contribution in [0.5, 0.6) is 11.5 Å². The summed E-state index contributed by atoms with van der Waals surface area (Å²) in [6.45, 7) is 6.23. The van der Waals surface area contributed by atoms with Crippen LogP contribution in [0, 0.1) is 0 Å². The molecule has 1 aliphatic heterocycles. The van der Waals surface area contributed by atoms with Crippen LogP contribution < -0.4 is 14.9 Å². The van der Waals surface area contributed by atoms with E-state index in [1.54, 1.807) is 23.1 Å². The van der Waals surface area contributed by atoms with Gasteiger partial charge in [0, 0.05) is 12.6 Å². The number of rotatable bonds is 9. The number of benzene rings is 2. The summed E-state index contributed by atoms with van der Waals surface area (Å²) in [6.07, 6.45) is 0.780. The Hall–Kier alpha value is -3.32. The third kappa shape index (κ3) is 4.46. The minimum Gasteiger partial charge on any atom is -0.494 e. The molecule has 0 saturated heterocycles. The van der Waals surface area contributed by atoms with E-state index in [1.165, 1.54) is 0 Å². The van der Waals surface area contributed by atoms with Crippen molar-refractivity contribution in [3.05, 3.63) is 69.6 Å². The third-order valence-electron chi connectivity index (χ3n) is 5.76. The highest BCUT2D eigenvalue weighted by atomic mass is 16.5. The lowest BCUT2D eigenvalue weighted by Gasteiger charge is -2.26. The Balaban J connectivity index is 1.82. The molecule has 2 heterocycles. The van der Waals surface area contributed by atoms with Crippen molar-refractivity contribution in [2.75, 3.05) is 40.4 Å². The minimum atomic E-state index is -0.502. The largest absolute Gasteiger partial charge is 0.494 e. The summed E-state index contributed by atoms with van der Waals surface area (Å²) in [6, 6.07) is 12.2. The zero-order valence-electron chi connectivity index (χ0n) is 19.6. The lowest BCUT2D eigenvalue weighted by molar-refractivity contribution is 0.0722. The third-order valence-corrected chi connectivity index (χ3v) is 5.76. The number of amides is 1. The average molecular weight is 451 g/mol. The van der Waals surface area contributed by atoms with Gasteiger partial charge in [-0.15, -0.1) is 0 Å². The molecule has 1 amide bonds. The number of ether oxygens (including phenoxy) is 2. The van der Waals surface area contributed by atoms with Crippen molar-refractivity contribution in [2.45, 2.75) is 26.3 Å². The molecular formula is C26H30N2O5. The summed E-state index contributed by atoms with van der Waals surface area (Å²) in [5.41, 5.74) is 1.42. The Morgan fingerprint density at radius 1 is 0.970 bits per heavy atom. The molecule has 0 radical (unpaired) electrons. The van der Waals surface area contributed by atoms with Crippen molar-refractivity contribution in [1.29, 1.82) is 0 Å². The van der Waals surface area contributed by atoms with Gasteiger partial charge in [-0.3, -0.25) is 9.59 Å². The fourth-order valence-corrected chi connectivity index (χ4v) is 4.30. The fourth-order valence-electron chi connectivity index (χ4n) is 4.30. The maximum atomic E-state index is 13.6. The van der Waals surface area contributed by atoms with Crippen molar-refractivity contribution in [2.24, 2.45) is 0 Å². The molecule has 2 aromatic carbocycles. The van der Waals surface area contributed by atoms with Gasteiger partial charge in [-0.05, 0) is 70.7 Å². The summed E-state index contributed by atoms with van der Waals surface area (Å²) in [4.78, 5) is 30.9. The Morgan fingerprint density at radius 2 is 1.64 bits per heavy atom. The molecule has 174 valence electrons. The molecule has 4 rings (SSSR count). The van der Waals surface area contributed by atoms with Crippen LogP contribution in [-0.2, 0) is 0 Å². The van der Waals surface area contributed by atoms with Crippen LogP contribution in [0.25, 0.3) is 11.0 Å². The van der Waals surface area contributed by atoms with Gasteiger partial charge in [0.1, 0.15) is 17.1 Å². The molecule has 33 heavy (non-hydrogen) atoms. The second kappa shape index (κ2) is 9.67. The Bertz CT molecular complexity index is 1200. The zero-order chi connectivity index (χ0) is 23.5. The van der Waals surface area contributed by atoms with E-state index in [2.05, 4.69) is 4.90 Å². The van der Waals surface area contributed by atoms with Crippen molar-refractivity contribution in [1.82, 2.24) is 9.80 Å². The lowest BCUT2D eigenvalue weighted by Crippen LogP contribution is -2.32. The molecule has 7 heteroatoms. The molecule has 0 spiro atoms. The predicted molar refractivity (Wildman–Crippen MR) is 127 cm³/mol. The number of carbonyl (C=O) groups excluding carboxylic acids is 1. The van der Waals surface area contributed by atoms with E-state index in [0.29, 0.717) is 42.0 Å². The summed E-state index contributed by atoms with van der Waals surface area (Å²) in [7, 11) is 4.00. The van der Waals surface area contributed by atoms with Crippen LogP contribution in [0.4, 0.5) is 0 Å². The highest BCUT2D eigenvalue weighted by molar-refractivity contribution is 5.99. The first-order valence-electron chi connectivity index (χ1n) is 11.4. The van der Waals surface area contributed by atoms with E-state index in [4.69, 9.17) is 13.9 Å². The summed E-state index contributed by atoms with van der Waals surface area (Å²) < 4.78 is 17.2. The standard InChI is InChI=1S/C26H30N2O5/c1-5-31-18-10-8-17(9-11-18)23-22-24(29)20-13-12-19(32-6-2)16-21(20)33-25(22)26(30)28(23)15-7-14-27(3)4/h8-13,16,23H,5-7,14-15H2,1-4H3. The van der Waals surface area contributed by atoms with E-state index in [-0.39, 0.29) is 17.1 Å². The zero-order valence-corrected chi connectivity index (χ0v) is 19.6. The first kappa shape index (κ1) is 22.9. The van der Waals surface area contributed by atoms with E-state index in [9.17, 15) is 9.59 Å². The van der Waals surface area contributed by atoms with Crippen molar-refractivity contribution < 1.29 is 18.7 Å². The van der Waals surface area contributed by atoms with Crippen LogP contribution in [0.2, 0.25) is 0 Å². The number of nitrogens with zero attached hydrogens (tertiary/aromatic N) is 2. The smallest absolute Gasteiger partial charge is 0.290 e. The quantitative estimate of drug-likeness (QED) is 0.489. The summed E-state index contributed by atoms with van der Waals surface area (Å²) >= 11 is 0. The van der Waals surface area contributed by atoms with Crippen LogP contribution in [0.15, 0.2) is 51.7 Å². The number of carbonyl (C=O) groups is 1. The van der Waals surface area contributed by atoms with E-state index >= 15 is 0 Å². The van der Waals surface area contributed by atoms with Crippen molar-refractivity contribution in [3.8, 4) is 11.5 Å². The molecule has 1 unspecified atom stereocenters. The van der Waals surface area contributed by atoms with Gasteiger partial charge in [-0.25, -0.2) is 0 Å². The summed E-state index contributed by atoms with van der Waals surface area (Å²) in [5, 5.41) is 0.441. The molecule has 1 atom stereocenters. The Kier molecular flexibility index (Phi) is 6.70. The van der Waals surface area contributed by atoms with Crippen LogP contribution in [0.3, 0.4) is 0 Å². The molecular weight excluding hydrogens is 420 g/mol. The van der Waals surface area contributed by atoms with Gasteiger partial charge in [0.2, 0.25) is 5.76 Å². The fraction of sp³-hybridized carbons (Fsp3) is 0.385. The first-order chi connectivity index (χ1) is 15.9. The predicted octanol–water partition coefficient (Wildman–Crippen LogP) is 4.09. The second-order valence-corrected chi connectivity index (χ2v) is 8.32. The number of hydrogen-bond acceptors (Lipinski definition) is 6. The second-order valence-electron chi connectivity index (χ2n) is 8.32. The van der Waals surface area contributed by atoms with Gasteiger partial charge in [-0.1, -0.05) is 12.1 Å². The summed E-state index contributed by atoms with van der Waals surface area (Å²) in [5.74, 6) is 1.21. The minimum absolute atomic E-state index is 0.116.